The number of benzene rings is 1. The number of para-hydroxylation sites is 1. The molecule has 20 heavy (non-hydrogen) atoms. The van der Waals surface area contributed by atoms with E-state index >= 15 is 0 Å². The molecule has 1 saturated carbocycles. The van der Waals surface area contributed by atoms with E-state index in [4.69, 9.17) is 10.5 Å². The topological polar surface area (TPSA) is 38.5 Å². The van der Waals surface area contributed by atoms with E-state index < -0.39 is 0 Å². The van der Waals surface area contributed by atoms with Crippen LogP contribution in [0, 0.1) is 5.41 Å². The lowest BCUT2D eigenvalue weighted by Gasteiger charge is -2.41. The van der Waals surface area contributed by atoms with Crippen molar-refractivity contribution in [2.24, 2.45) is 5.41 Å². The fourth-order valence-corrected chi connectivity index (χ4v) is 3.94. The average molecular weight is 274 g/mol. The van der Waals surface area contributed by atoms with Gasteiger partial charge in [0.15, 0.2) is 0 Å². The molecular formula is C17H26N2O. The lowest BCUT2D eigenvalue weighted by molar-refractivity contribution is 0.226. The van der Waals surface area contributed by atoms with Gasteiger partial charge in [-0.05, 0) is 50.2 Å². The van der Waals surface area contributed by atoms with Gasteiger partial charge in [0, 0.05) is 13.1 Å². The van der Waals surface area contributed by atoms with E-state index in [1.165, 1.54) is 38.5 Å². The molecule has 3 nitrogen and oxygen atoms in total. The first-order valence-electron chi connectivity index (χ1n) is 8.00. The van der Waals surface area contributed by atoms with E-state index in [2.05, 4.69) is 17.0 Å². The lowest BCUT2D eigenvalue weighted by atomic mass is 9.77. The van der Waals surface area contributed by atoms with Crippen molar-refractivity contribution in [1.82, 2.24) is 0 Å². The Bertz CT molecular complexity index is 456. The van der Waals surface area contributed by atoms with Crippen LogP contribution in [0.15, 0.2) is 18.2 Å². The lowest BCUT2D eigenvalue weighted by Crippen LogP contribution is -2.39. The first-order valence-corrected chi connectivity index (χ1v) is 8.00. The predicted octanol–water partition coefficient (Wildman–Crippen LogP) is 3.83. The van der Waals surface area contributed by atoms with Crippen LogP contribution in [0.1, 0.15) is 45.4 Å². The second-order valence-electron chi connectivity index (χ2n) is 6.32. The summed E-state index contributed by atoms with van der Waals surface area (Å²) in [5, 5.41) is 0. The highest BCUT2D eigenvalue weighted by Crippen LogP contribution is 2.47. The van der Waals surface area contributed by atoms with Crippen molar-refractivity contribution < 1.29 is 4.74 Å². The smallest absolute Gasteiger partial charge is 0.144 e. The second kappa shape index (κ2) is 5.55. The first kappa shape index (κ1) is 13.6. The molecule has 3 heteroatoms. The molecule has 1 heterocycles. The van der Waals surface area contributed by atoms with Crippen molar-refractivity contribution in [1.29, 1.82) is 0 Å². The summed E-state index contributed by atoms with van der Waals surface area (Å²) in [6, 6.07) is 6.14. The number of nitrogens with zero attached hydrogens (tertiary/aromatic N) is 1. The maximum absolute atomic E-state index is 6.28. The normalized spacial score (nSPS) is 21.4. The summed E-state index contributed by atoms with van der Waals surface area (Å²) in [5.41, 5.74) is 8.89. The number of anilines is 2. The van der Waals surface area contributed by atoms with Crippen LogP contribution in [0.5, 0.6) is 5.75 Å². The maximum atomic E-state index is 6.28. The minimum absolute atomic E-state index is 0.656. The molecule has 1 aliphatic carbocycles. The summed E-state index contributed by atoms with van der Waals surface area (Å²) in [5.74, 6) is 0.825. The zero-order valence-electron chi connectivity index (χ0n) is 12.5. The number of nitrogens with two attached hydrogens (primary N) is 1. The Hall–Kier alpha value is -1.38. The third-order valence-corrected chi connectivity index (χ3v) is 5.17. The summed E-state index contributed by atoms with van der Waals surface area (Å²) in [7, 11) is 0. The van der Waals surface area contributed by atoms with Crippen LogP contribution in [0.3, 0.4) is 0 Å². The Balaban J connectivity index is 1.73. The summed E-state index contributed by atoms with van der Waals surface area (Å²) in [6.07, 6.45) is 8.39. The monoisotopic (exact) mass is 274 g/mol. The second-order valence-corrected chi connectivity index (χ2v) is 6.32. The van der Waals surface area contributed by atoms with Gasteiger partial charge < -0.3 is 15.4 Å². The van der Waals surface area contributed by atoms with Crippen LogP contribution in [0.25, 0.3) is 0 Å². The molecule has 1 aromatic rings. The van der Waals surface area contributed by atoms with Crippen molar-refractivity contribution in [3.63, 3.8) is 0 Å². The van der Waals surface area contributed by atoms with Crippen molar-refractivity contribution >= 4 is 11.4 Å². The number of hydrogen-bond donors (Lipinski definition) is 1. The quantitative estimate of drug-likeness (QED) is 0.851. The minimum Gasteiger partial charge on any atom is -0.492 e. The molecule has 110 valence electrons. The summed E-state index contributed by atoms with van der Waals surface area (Å²) >= 11 is 0. The molecule has 0 aromatic heterocycles. The average Bonchev–Trinajstić information content (AvgIpc) is 2.91. The van der Waals surface area contributed by atoms with Crippen LogP contribution in [0.2, 0.25) is 0 Å². The van der Waals surface area contributed by atoms with Gasteiger partial charge in [0.2, 0.25) is 0 Å². The molecule has 1 saturated heterocycles. The minimum atomic E-state index is 0.656. The third kappa shape index (κ3) is 2.46. The van der Waals surface area contributed by atoms with Gasteiger partial charge in [-0.1, -0.05) is 18.9 Å². The van der Waals surface area contributed by atoms with Gasteiger partial charge in [0.05, 0.1) is 18.0 Å². The van der Waals surface area contributed by atoms with E-state index in [1.54, 1.807) is 0 Å². The van der Waals surface area contributed by atoms with Crippen molar-refractivity contribution in [2.45, 2.75) is 45.4 Å². The van der Waals surface area contributed by atoms with Gasteiger partial charge >= 0.3 is 0 Å². The molecule has 0 atom stereocenters. The van der Waals surface area contributed by atoms with Gasteiger partial charge in [-0.25, -0.2) is 0 Å². The van der Waals surface area contributed by atoms with Gasteiger partial charge in [0.25, 0.3) is 0 Å². The molecule has 1 aromatic carbocycles. The van der Waals surface area contributed by atoms with E-state index in [0.29, 0.717) is 12.0 Å². The van der Waals surface area contributed by atoms with E-state index in [9.17, 15) is 0 Å². The Kier molecular flexibility index (Phi) is 3.77. The van der Waals surface area contributed by atoms with Gasteiger partial charge in [-0.3, -0.25) is 0 Å². The van der Waals surface area contributed by atoms with Crippen molar-refractivity contribution in [3.05, 3.63) is 18.2 Å². The molecule has 0 unspecified atom stereocenters. The van der Waals surface area contributed by atoms with E-state index in [0.717, 1.165) is 30.2 Å². The zero-order valence-corrected chi connectivity index (χ0v) is 12.5. The van der Waals surface area contributed by atoms with E-state index in [1.807, 2.05) is 13.0 Å². The zero-order chi connectivity index (χ0) is 14.0. The van der Waals surface area contributed by atoms with Gasteiger partial charge in [-0.15, -0.1) is 0 Å². The maximum Gasteiger partial charge on any atom is 0.144 e. The Morgan fingerprint density at radius 3 is 2.50 bits per heavy atom. The van der Waals surface area contributed by atoms with Crippen molar-refractivity contribution in [3.8, 4) is 5.75 Å². The molecular weight excluding hydrogens is 248 g/mol. The summed E-state index contributed by atoms with van der Waals surface area (Å²) < 4.78 is 5.61. The van der Waals surface area contributed by atoms with Gasteiger partial charge in [-0.2, -0.15) is 0 Å². The Morgan fingerprint density at radius 2 is 1.85 bits per heavy atom. The van der Waals surface area contributed by atoms with Crippen LogP contribution in [-0.2, 0) is 0 Å². The molecule has 1 spiro atoms. The number of hydrogen-bond acceptors (Lipinski definition) is 3. The number of piperidine rings is 1. The van der Waals surface area contributed by atoms with Crippen LogP contribution in [-0.4, -0.2) is 19.7 Å². The van der Waals surface area contributed by atoms with Crippen LogP contribution >= 0.6 is 0 Å². The first-order chi connectivity index (χ1) is 9.74. The fourth-order valence-electron chi connectivity index (χ4n) is 3.94. The van der Waals surface area contributed by atoms with E-state index in [-0.39, 0.29) is 0 Å². The summed E-state index contributed by atoms with van der Waals surface area (Å²) in [6.45, 7) is 4.94. The molecule has 0 radical (unpaired) electrons. The molecule has 2 aliphatic rings. The molecule has 3 rings (SSSR count). The standard InChI is InChI=1S/C17H26N2O/c1-2-20-15-7-5-6-14(16(15)18)19-12-10-17(11-13-19)8-3-4-9-17/h5-7H,2-4,8-13,18H2,1H3. The largest absolute Gasteiger partial charge is 0.492 e. The highest BCUT2D eigenvalue weighted by atomic mass is 16.5. The van der Waals surface area contributed by atoms with Crippen LogP contribution in [0.4, 0.5) is 11.4 Å². The number of rotatable bonds is 3. The Labute approximate surface area is 122 Å². The summed E-state index contributed by atoms with van der Waals surface area (Å²) in [4.78, 5) is 2.45. The fraction of sp³-hybridized carbons (Fsp3) is 0.647. The highest BCUT2D eigenvalue weighted by Gasteiger charge is 2.37. The Morgan fingerprint density at radius 1 is 1.15 bits per heavy atom. The highest BCUT2D eigenvalue weighted by molar-refractivity contribution is 5.74. The molecule has 2 N–H and O–H groups in total. The molecule has 0 bridgehead atoms. The van der Waals surface area contributed by atoms with Gasteiger partial charge in [0.1, 0.15) is 5.75 Å². The molecule has 0 amide bonds. The predicted molar refractivity (Wildman–Crippen MR) is 84.4 cm³/mol. The molecule has 1 aliphatic heterocycles. The molecule has 2 fully saturated rings. The number of ether oxygens (including phenoxy) is 1. The van der Waals surface area contributed by atoms with Crippen molar-refractivity contribution in [2.75, 3.05) is 30.3 Å². The number of nitrogen functional groups attached to an aromatic ring is 1. The van der Waals surface area contributed by atoms with Crippen LogP contribution < -0.4 is 15.4 Å². The third-order valence-electron chi connectivity index (χ3n) is 5.17. The SMILES string of the molecule is CCOc1cccc(N2CCC3(CCCC3)CC2)c1N.